The molecule has 0 saturated carbocycles. The normalized spacial score (nSPS) is 19.0. The second kappa shape index (κ2) is 7.21. The van der Waals surface area contributed by atoms with E-state index in [9.17, 15) is 4.39 Å². The maximum Gasteiger partial charge on any atom is 0.215 e. The second-order valence-electron chi connectivity index (χ2n) is 4.34. The molecule has 1 aromatic rings. The number of aliphatic imine (C=N–C) groups is 1. The average Bonchev–Trinajstić information content (AvgIpc) is 3.06. The topological polar surface area (TPSA) is 76.4 Å². The number of nitrogens with zero attached hydrogens (tertiary/aromatic N) is 4. The Morgan fingerprint density at radius 3 is 3.00 bits per heavy atom. The van der Waals surface area contributed by atoms with Crippen molar-refractivity contribution in [2.24, 2.45) is 4.99 Å². The van der Waals surface area contributed by atoms with Gasteiger partial charge < -0.3 is 15.4 Å². The number of aromatic nitrogens is 3. The third kappa shape index (κ3) is 4.05. The lowest BCUT2D eigenvalue weighted by molar-refractivity contribution is 0.389. The first-order valence-corrected chi connectivity index (χ1v) is 6.50. The molecule has 1 unspecified atom stereocenters. The highest BCUT2D eigenvalue weighted by atomic mass is 19.1. The van der Waals surface area contributed by atoms with E-state index in [0.717, 1.165) is 6.08 Å². The third-order valence-corrected chi connectivity index (χ3v) is 2.73. The van der Waals surface area contributed by atoms with Crippen LogP contribution in [0.15, 0.2) is 60.1 Å². The highest BCUT2D eigenvalue weighted by Gasteiger charge is 2.17. The van der Waals surface area contributed by atoms with Crippen molar-refractivity contribution < 1.29 is 9.13 Å². The summed E-state index contributed by atoms with van der Waals surface area (Å²) in [5, 5.41) is 10.3. The lowest BCUT2D eigenvalue weighted by Crippen LogP contribution is -2.43. The molecule has 2 rings (SSSR count). The van der Waals surface area contributed by atoms with Gasteiger partial charge in [-0.2, -0.15) is 5.10 Å². The molecule has 0 bridgehead atoms. The minimum atomic E-state index is -0.476. The molecule has 22 heavy (non-hydrogen) atoms. The molecule has 116 valence electrons. The maximum absolute atomic E-state index is 13.0. The van der Waals surface area contributed by atoms with Crippen molar-refractivity contribution in [1.29, 1.82) is 0 Å². The Bertz CT molecular complexity index is 644. The number of nitrogens with one attached hydrogen (secondary N) is 2. The van der Waals surface area contributed by atoms with Gasteiger partial charge in [-0.3, -0.25) is 0 Å². The van der Waals surface area contributed by atoms with Crippen molar-refractivity contribution in [1.82, 2.24) is 25.4 Å². The monoisotopic (exact) mass is 304 g/mol. The summed E-state index contributed by atoms with van der Waals surface area (Å²) in [4.78, 5) is 8.20. The van der Waals surface area contributed by atoms with E-state index in [1.54, 1.807) is 30.1 Å². The van der Waals surface area contributed by atoms with Crippen LogP contribution in [0.3, 0.4) is 0 Å². The van der Waals surface area contributed by atoms with Crippen LogP contribution < -0.4 is 10.6 Å². The summed E-state index contributed by atoms with van der Waals surface area (Å²) in [6, 6.07) is 0. The summed E-state index contributed by atoms with van der Waals surface area (Å²) >= 11 is 0. The van der Waals surface area contributed by atoms with Crippen molar-refractivity contribution in [2.75, 3.05) is 7.11 Å². The number of halogens is 1. The minimum Gasteiger partial charge on any atom is -0.481 e. The lowest BCUT2D eigenvalue weighted by atomic mass is 10.3. The van der Waals surface area contributed by atoms with Gasteiger partial charge >= 0.3 is 0 Å². The zero-order valence-corrected chi connectivity index (χ0v) is 12.3. The molecular weight excluding hydrogens is 287 g/mol. The Labute approximate surface area is 127 Å². The van der Waals surface area contributed by atoms with Gasteiger partial charge in [0.05, 0.1) is 7.11 Å². The molecule has 1 aromatic heterocycles. The van der Waals surface area contributed by atoms with Gasteiger partial charge in [-0.05, 0) is 25.2 Å². The number of hydrogen-bond acceptors (Lipinski definition) is 6. The molecule has 1 aliphatic heterocycles. The Balaban J connectivity index is 2.11. The molecule has 0 fully saturated rings. The van der Waals surface area contributed by atoms with Crippen molar-refractivity contribution in [3.63, 3.8) is 0 Å². The fraction of sp³-hybridized carbons (Fsp3) is 0.214. The molecule has 0 radical (unpaired) electrons. The SMILES string of the molecule is C=C/C(F)=C\C=C(/C)NC1N=C(OC)C=C(n2cncn2)N1. The summed E-state index contributed by atoms with van der Waals surface area (Å²) in [5.41, 5.74) is 0.716. The lowest BCUT2D eigenvalue weighted by Gasteiger charge is -2.24. The van der Waals surface area contributed by atoms with Crippen LogP contribution in [0.4, 0.5) is 4.39 Å². The highest BCUT2D eigenvalue weighted by Crippen LogP contribution is 2.08. The van der Waals surface area contributed by atoms with Gasteiger partial charge in [0.15, 0.2) is 6.29 Å². The zero-order valence-electron chi connectivity index (χ0n) is 12.3. The predicted octanol–water partition coefficient (Wildman–Crippen LogP) is 1.54. The Morgan fingerprint density at radius 1 is 1.55 bits per heavy atom. The van der Waals surface area contributed by atoms with Crippen molar-refractivity contribution >= 4 is 11.7 Å². The quantitative estimate of drug-likeness (QED) is 0.807. The van der Waals surface area contributed by atoms with Gasteiger partial charge in [-0.15, -0.1) is 0 Å². The molecule has 1 atom stereocenters. The average molecular weight is 304 g/mol. The van der Waals surface area contributed by atoms with Crippen LogP contribution in [0.25, 0.3) is 5.82 Å². The molecule has 0 aromatic carbocycles. The van der Waals surface area contributed by atoms with Crippen LogP contribution in [0.2, 0.25) is 0 Å². The van der Waals surface area contributed by atoms with E-state index in [4.69, 9.17) is 4.74 Å². The van der Waals surface area contributed by atoms with Gasteiger partial charge in [0.25, 0.3) is 0 Å². The first kappa shape index (κ1) is 15.5. The Morgan fingerprint density at radius 2 is 2.36 bits per heavy atom. The van der Waals surface area contributed by atoms with E-state index in [-0.39, 0.29) is 0 Å². The number of allylic oxidation sites excluding steroid dienone is 5. The maximum atomic E-state index is 13.0. The van der Waals surface area contributed by atoms with Crippen molar-refractivity contribution in [3.8, 4) is 0 Å². The second-order valence-corrected chi connectivity index (χ2v) is 4.34. The smallest absolute Gasteiger partial charge is 0.215 e. The van der Waals surface area contributed by atoms with Gasteiger partial charge in [-0.25, -0.2) is 19.0 Å². The highest BCUT2D eigenvalue weighted by molar-refractivity contribution is 5.93. The van der Waals surface area contributed by atoms with Crippen LogP contribution in [-0.4, -0.2) is 34.1 Å². The largest absolute Gasteiger partial charge is 0.481 e. The number of rotatable bonds is 5. The van der Waals surface area contributed by atoms with E-state index in [2.05, 4.69) is 32.3 Å². The third-order valence-electron chi connectivity index (χ3n) is 2.73. The molecule has 0 spiro atoms. The molecule has 0 aliphatic carbocycles. The summed E-state index contributed by atoms with van der Waals surface area (Å²) in [6.07, 6.45) is 8.24. The van der Waals surface area contributed by atoms with Gasteiger partial charge in [0, 0.05) is 11.8 Å². The van der Waals surface area contributed by atoms with E-state index in [1.807, 2.05) is 0 Å². The minimum absolute atomic E-state index is 0.415. The summed E-state index contributed by atoms with van der Waals surface area (Å²) in [6.45, 7) is 5.14. The number of hydrogen-bond donors (Lipinski definition) is 2. The summed E-state index contributed by atoms with van der Waals surface area (Å²) < 4.78 is 19.7. The molecular formula is C14H17FN6O. The predicted molar refractivity (Wildman–Crippen MR) is 81.9 cm³/mol. The summed E-state index contributed by atoms with van der Waals surface area (Å²) in [7, 11) is 1.53. The Kier molecular flexibility index (Phi) is 5.07. The van der Waals surface area contributed by atoms with Crippen LogP contribution >= 0.6 is 0 Å². The molecule has 1 aliphatic rings. The van der Waals surface area contributed by atoms with E-state index >= 15 is 0 Å². The standard InChI is InChI=1S/C14H17FN6O/c1-4-11(15)6-5-10(2)18-14-19-12(7-13(20-14)22-3)21-9-16-8-17-21/h4-9,14,18-19H,1H2,2-3H3/b10-5+,11-6+. The van der Waals surface area contributed by atoms with Crippen LogP contribution in [0, 0.1) is 0 Å². The molecule has 0 saturated heterocycles. The van der Waals surface area contributed by atoms with E-state index in [1.165, 1.54) is 19.5 Å². The Hall–Kier alpha value is -2.90. The van der Waals surface area contributed by atoms with Gasteiger partial charge in [0.2, 0.25) is 5.90 Å². The number of ether oxygens (including phenoxy) is 1. The van der Waals surface area contributed by atoms with Crippen LogP contribution in [-0.2, 0) is 4.74 Å². The first-order chi connectivity index (χ1) is 10.6. The molecule has 8 heteroatoms. The van der Waals surface area contributed by atoms with E-state index < -0.39 is 12.1 Å². The zero-order chi connectivity index (χ0) is 15.9. The van der Waals surface area contributed by atoms with Crippen LogP contribution in [0.5, 0.6) is 0 Å². The molecule has 2 N–H and O–H groups in total. The first-order valence-electron chi connectivity index (χ1n) is 6.50. The molecule has 7 nitrogen and oxygen atoms in total. The summed E-state index contributed by atoms with van der Waals surface area (Å²) in [5.74, 6) is 0.673. The van der Waals surface area contributed by atoms with Gasteiger partial charge in [0.1, 0.15) is 24.3 Å². The van der Waals surface area contributed by atoms with Crippen molar-refractivity contribution in [3.05, 3.63) is 55.1 Å². The molecule has 2 heterocycles. The van der Waals surface area contributed by atoms with Crippen LogP contribution in [0.1, 0.15) is 6.92 Å². The van der Waals surface area contributed by atoms with Gasteiger partial charge in [-0.1, -0.05) is 6.58 Å². The van der Waals surface area contributed by atoms with Crippen molar-refractivity contribution in [2.45, 2.75) is 13.2 Å². The molecule has 0 amide bonds. The number of methoxy groups -OCH3 is 1. The fourth-order valence-electron chi connectivity index (χ4n) is 1.68. The van der Waals surface area contributed by atoms with E-state index in [0.29, 0.717) is 17.4 Å². The fourth-order valence-corrected chi connectivity index (χ4v) is 1.68.